The summed E-state index contributed by atoms with van der Waals surface area (Å²) in [6.07, 6.45) is 1.88. The van der Waals surface area contributed by atoms with Crippen LogP contribution in [0.25, 0.3) is 0 Å². The van der Waals surface area contributed by atoms with Crippen molar-refractivity contribution in [2.75, 3.05) is 22.1 Å². The van der Waals surface area contributed by atoms with E-state index >= 15 is 0 Å². The minimum absolute atomic E-state index is 0.0494. The summed E-state index contributed by atoms with van der Waals surface area (Å²) in [5.74, 6) is 0.0821. The highest BCUT2D eigenvalue weighted by Crippen LogP contribution is 2.57. The normalized spacial score (nSPS) is 23.9. The van der Waals surface area contributed by atoms with Crippen LogP contribution in [0, 0.1) is 0 Å². The number of amides is 2. The molecule has 0 aliphatic carbocycles. The molecule has 0 saturated carbocycles. The van der Waals surface area contributed by atoms with Crippen LogP contribution in [0.1, 0.15) is 17.5 Å². The predicted molar refractivity (Wildman–Crippen MR) is 105 cm³/mol. The maximum atomic E-state index is 13.5. The number of carbonyl (C=O) groups excluding carboxylic acids is 2. The van der Waals surface area contributed by atoms with E-state index in [2.05, 4.69) is 6.07 Å². The van der Waals surface area contributed by atoms with Crippen molar-refractivity contribution in [3.05, 3.63) is 57.6 Å². The number of aryl methyl sites for hydroxylation is 1. The Morgan fingerprint density at radius 3 is 2.62 bits per heavy atom. The van der Waals surface area contributed by atoms with E-state index in [-0.39, 0.29) is 17.6 Å². The lowest BCUT2D eigenvalue weighted by atomic mass is 9.98. The summed E-state index contributed by atoms with van der Waals surface area (Å²) < 4.78 is 0. The fourth-order valence-electron chi connectivity index (χ4n) is 4.25. The Kier molecular flexibility index (Phi) is 3.58. The monoisotopic (exact) mass is 404 g/mol. The SMILES string of the molecule is O=C1CS[C@@]2(C(=O)N3CCCc4cccc2c43)N1c1cc(Cl)cc(Cl)c1. The van der Waals surface area contributed by atoms with Crippen molar-refractivity contribution < 1.29 is 9.59 Å². The molecule has 1 spiro atoms. The fraction of sp³-hybridized carbons (Fsp3) is 0.263. The maximum Gasteiger partial charge on any atom is 0.268 e. The number of rotatable bonds is 1. The smallest absolute Gasteiger partial charge is 0.268 e. The second-order valence-electron chi connectivity index (χ2n) is 6.66. The van der Waals surface area contributed by atoms with Gasteiger partial charge in [0.15, 0.2) is 0 Å². The van der Waals surface area contributed by atoms with Crippen LogP contribution < -0.4 is 9.80 Å². The lowest BCUT2D eigenvalue weighted by Crippen LogP contribution is -2.50. The molecule has 3 aliphatic heterocycles. The van der Waals surface area contributed by atoms with Crippen molar-refractivity contribution in [1.29, 1.82) is 0 Å². The molecule has 2 aromatic carbocycles. The van der Waals surface area contributed by atoms with Crippen LogP contribution in [0.2, 0.25) is 10.0 Å². The average Bonchev–Trinajstić information content (AvgIpc) is 3.08. The summed E-state index contributed by atoms with van der Waals surface area (Å²) in [5, 5.41) is 0.876. The molecule has 3 aliphatic rings. The molecule has 4 nitrogen and oxygen atoms in total. The molecular weight excluding hydrogens is 391 g/mol. The van der Waals surface area contributed by atoms with Gasteiger partial charge in [-0.15, -0.1) is 11.8 Å². The van der Waals surface area contributed by atoms with Gasteiger partial charge in [0.1, 0.15) is 0 Å². The summed E-state index contributed by atoms with van der Waals surface area (Å²) in [6.45, 7) is 0.684. The number of halogens is 2. The zero-order valence-electron chi connectivity index (χ0n) is 13.7. The number of hydrogen-bond donors (Lipinski definition) is 0. The lowest BCUT2D eigenvalue weighted by molar-refractivity contribution is -0.123. The molecule has 1 fully saturated rings. The van der Waals surface area contributed by atoms with Gasteiger partial charge >= 0.3 is 0 Å². The van der Waals surface area contributed by atoms with Crippen LogP contribution >= 0.6 is 35.0 Å². The number of nitrogens with zero attached hydrogens (tertiary/aromatic N) is 2. The molecular formula is C19H14Cl2N2O2S. The van der Waals surface area contributed by atoms with E-state index in [1.807, 2.05) is 17.0 Å². The van der Waals surface area contributed by atoms with Gasteiger partial charge in [0.25, 0.3) is 5.91 Å². The zero-order chi connectivity index (χ0) is 18.1. The summed E-state index contributed by atoms with van der Waals surface area (Å²) in [6, 6.07) is 11.0. The maximum absolute atomic E-state index is 13.5. The fourth-order valence-corrected chi connectivity index (χ4v) is 6.11. The number of anilines is 2. The van der Waals surface area contributed by atoms with Crippen LogP contribution in [-0.2, 0) is 20.9 Å². The third-order valence-corrected chi connectivity index (χ3v) is 7.01. The second kappa shape index (κ2) is 5.65. The Morgan fingerprint density at radius 2 is 1.85 bits per heavy atom. The molecule has 2 aromatic rings. The first-order chi connectivity index (χ1) is 12.5. The molecule has 0 unspecified atom stereocenters. The van der Waals surface area contributed by atoms with E-state index in [9.17, 15) is 9.59 Å². The predicted octanol–water partition coefficient (Wildman–Crippen LogP) is 4.22. The summed E-state index contributed by atoms with van der Waals surface area (Å²) >= 11 is 13.7. The minimum atomic E-state index is -1.07. The van der Waals surface area contributed by atoms with Crippen LogP contribution in [-0.4, -0.2) is 24.1 Å². The number of fused-ring (bicyclic) bond motifs is 1. The molecule has 1 atom stereocenters. The molecule has 3 heterocycles. The van der Waals surface area contributed by atoms with Crippen molar-refractivity contribution in [3.63, 3.8) is 0 Å². The largest absolute Gasteiger partial charge is 0.309 e. The van der Waals surface area contributed by atoms with Gasteiger partial charge in [-0.25, -0.2) is 0 Å². The first kappa shape index (κ1) is 16.5. The Morgan fingerprint density at radius 1 is 1.08 bits per heavy atom. The molecule has 2 amide bonds. The zero-order valence-corrected chi connectivity index (χ0v) is 16.0. The first-order valence-electron chi connectivity index (χ1n) is 8.40. The van der Waals surface area contributed by atoms with Crippen molar-refractivity contribution in [2.45, 2.75) is 17.7 Å². The van der Waals surface area contributed by atoms with Gasteiger partial charge in [-0.2, -0.15) is 0 Å². The highest BCUT2D eigenvalue weighted by Gasteiger charge is 2.61. The van der Waals surface area contributed by atoms with Gasteiger partial charge in [0, 0.05) is 27.8 Å². The average molecular weight is 405 g/mol. The van der Waals surface area contributed by atoms with Crippen molar-refractivity contribution >= 4 is 58.2 Å². The van der Waals surface area contributed by atoms with Crippen LogP contribution in [0.4, 0.5) is 11.4 Å². The van der Waals surface area contributed by atoms with E-state index in [4.69, 9.17) is 23.2 Å². The Balaban J connectivity index is 1.77. The van der Waals surface area contributed by atoms with Gasteiger partial charge in [0.2, 0.25) is 10.8 Å². The molecule has 26 heavy (non-hydrogen) atoms. The van der Waals surface area contributed by atoms with Crippen LogP contribution in [0.3, 0.4) is 0 Å². The Labute approximate surface area is 165 Å². The topological polar surface area (TPSA) is 40.6 Å². The van der Waals surface area contributed by atoms with E-state index in [1.165, 1.54) is 17.3 Å². The van der Waals surface area contributed by atoms with Gasteiger partial charge in [-0.1, -0.05) is 41.4 Å². The molecule has 0 radical (unpaired) electrons. The summed E-state index contributed by atoms with van der Waals surface area (Å²) in [4.78, 5) is 28.8. The second-order valence-corrected chi connectivity index (χ2v) is 8.70. The molecule has 1 saturated heterocycles. The number of para-hydroxylation sites is 1. The van der Waals surface area contributed by atoms with Gasteiger partial charge in [-0.05, 0) is 36.6 Å². The number of thioether (sulfide) groups is 1. The number of benzene rings is 2. The van der Waals surface area contributed by atoms with E-state index in [0.717, 1.165) is 24.1 Å². The van der Waals surface area contributed by atoms with Crippen LogP contribution in [0.15, 0.2) is 36.4 Å². The third-order valence-electron chi connectivity index (χ3n) is 5.19. The highest BCUT2D eigenvalue weighted by molar-refractivity contribution is 8.02. The summed E-state index contributed by atoms with van der Waals surface area (Å²) in [5.41, 5.74) is 3.60. The lowest BCUT2D eigenvalue weighted by Gasteiger charge is -2.33. The molecule has 0 N–H and O–H groups in total. The molecule has 0 aromatic heterocycles. The molecule has 7 heteroatoms. The number of hydrogen-bond acceptors (Lipinski definition) is 3. The third kappa shape index (κ3) is 2.05. The van der Waals surface area contributed by atoms with Crippen molar-refractivity contribution in [1.82, 2.24) is 0 Å². The van der Waals surface area contributed by atoms with Crippen molar-refractivity contribution in [3.8, 4) is 0 Å². The molecule has 0 bridgehead atoms. The van der Waals surface area contributed by atoms with E-state index in [0.29, 0.717) is 22.3 Å². The Bertz CT molecular complexity index is 960. The van der Waals surface area contributed by atoms with Gasteiger partial charge in [0.05, 0.1) is 11.4 Å². The van der Waals surface area contributed by atoms with Crippen LogP contribution in [0.5, 0.6) is 0 Å². The standard InChI is InChI=1S/C19H14Cl2N2O2S/c20-12-7-13(21)9-14(8-12)23-16(24)10-26-19(23)15-5-1-3-11-4-2-6-22(17(11)15)18(19)25/h1,3,5,7-9H,2,4,6,10H2/t19-/m0/s1. The number of carbonyl (C=O) groups is 2. The highest BCUT2D eigenvalue weighted by atomic mass is 35.5. The van der Waals surface area contributed by atoms with Gasteiger partial charge in [-0.3, -0.25) is 14.5 Å². The quantitative estimate of drug-likeness (QED) is 0.714. The first-order valence-corrected chi connectivity index (χ1v) is 10.1. The van der Waals surface area contributed by atoms with Gasteiger partial charge < -0.3 is 4.90 Å². The molecule has 5 rings (SSSR count). The Hall–Kier alpha value is -1.69. The van der Waals surface area contributed by atoms with E-state index in [1.54, 1.807) is 23.1 Å². The summed E-state index contributed by atoms with van der Waals surface area (Å²) in [7, 11) is 0. The van der Waals surface area contributed by atoms with E-state index < -0.39 is 4.87 Å². The molecule has 132 valence electrons. The minimum Gasteiger partial charge on any atom is -0.309 e. The van der Waals surface area contributed by atoms with Crippen molar-refractivity contribution in [2.24, 2.45) is 0 Å².